The second-order valence-corrected chi connectivity index (χ2v) is 6.25. The van der Waals surface area contributed by atoms with E-state index in [4.69, 9.17) is 0 Å². The van der Waals surface area contributed by atoms with Crippen molar-refractivity contribution >= 4 is 11.7 Å². The molecule has 0 spiro atoms. The second kappa shape index (κ2) is 5.02. The molecule has 2 aromatic rings. The Bertz CT molecular complexity index is 645. The minimum Gasteiger partial charge on any atom is -0.311 e. The van der Waals surface area contributed by atoms with Gasteiger partial charge in [0.15, 0.2) is 0 Å². The Kier molecular flexibility index (Phi) is 3.02. The normalized spacial score (nSPS) is 23.8. The molecule has 0 bridgehead atoms. The van der Waals surface area contributed by atoms with Crippen LogP contribution in [0, 0.1) is 5.92 Å². The van der Waals surface area contributed by atoms with Gasteiger partial charge in [-0.2, -0.15) is 5.10 Å². The van der Waals surface area contributed by atoms with Crippen LogP contribution in [-0.4, -0.2) is 16.1 Å². The molecule has 2 atom stereocenters. The van der Waals surface area contributed by atoms with Crippen molar-refractivity contribution in [3.63, 3.8) is 0 Å². The van der Waals surface area contributed by atoms with E-state index in [1.54, 1.807) is 0 Å². The number of aromatic amines is 1. The predicted molar refractivity (Wildman–Crippen MR) is 81.1 cm³/mol. The van der Waals surface area contributed by atoms with Gasteiger partial charge in [0.05, 0.1) is 5.69 Å². The second-order valence-electron chi connectivity index (χ2n) is 6.25. The monoisotopic (exact) mass is 281 g/mol. The van der Waals surface area contributed by atoms with Gasteiger partial charge in [-0.3, -0.25) is 9.89 Å². The lowest BCUT2D eigenvalue weighted by atomic mass is 10.1. The quantitative estimate of drug-likeness (QED) is 0.882. The SMILES string of the molecule is O=C(CC1CC1c1ccccc1)Nc1cc(C2CC2)n[nH]1. The van der Waals surface area contributed by atoms with Crippen LogP contribution in [0.1, 0.15) is 48.8 Å². The van der Waals surface area contributed by atoms with Crippen LogP contribution < -0.4 is 5.32 Å². The fraction of sp³-hybridized carbons (Fsp3) is 0.412. The molecule has 2 N–H and O–H groups in total. The van der Waals surface area contributed by atoms with E-state index in [-0.39, 0.29) is 5.91 Å². The smallest absolute Gasteiger partial charge is 0.225 e. The zero-order valence-electron chi connectivity index (χ0n) is 11.9. The molecule has 1 amide bonds. The van der Waals surface area contributed by atoms with Crippen molar-refractivity contribution in [1.82, 2.24) is 10.2 Å². The first-order chi connectivity index (χ1) is 10.3. The lowest BCUT2D eigenvalue weighted by Gasteiger charge is -2.02. The van der Waals surface area contributed by atoms with Gasteiger partial charge in [-0.05, 0) is 36.7 Å². The Morgan fingerprint density at radius 3 is 2.86 bits per heavy atom. The molecule has 2 fully saturated rings. The van der Waals surface area contributed by atoms with E-state index in [1.807, 2.05) is 12.1 Å². The minimum absolute atomic E-state index is 0.0874. The highest BCUT2D eigenvalue weighted by atomic mass is 16.1. The van der Waals surface area contributed by atoms with Gasteiger partial charge in [0.25, 0.3) is 0 Å². The van der Waals surface area contributed by atoms with E-state index >= 15 is 0 Å². The van der Waals surface area contributed by atoms with Crippen LogP contribution in [0.4, 0.5) is 5.82 Å². The molecule has 1 aromatic carbocycles. The minimum atomic E-state index is 0.0874. The van der Waals surface area contributed by atoms with E-state index in [0.717, 1.165) is 17.9 Å². The maximum atomic E-state index is 12.1. The summed E-state index contributed by atoms with van der Waals surface area (Å²) in [6.07, 6.45) is 4.16. The summed E-state index contributed by atoms with van der Waals surface area (Å²) in [6, 6.07) is 12.4. The molecule has 2 unspecified atom stereocenters. The first kappa shape index (κ1) is 12.6. The maximum Gasteiger partial charge on any atom is 0.225 e. The standard InChI is InChI=1S/C17H19N3O/c21-17(18-16-10-15(19-20-16)12-6-7-12)9-13-8-14(13)11-4-2-1-3-5-11/h1-5,10,12-14H,6-9H2,(H2,18,19,20,21). The summed E-state index contributed by atoms with van der Waals surface area (Å²) >= 11 is 0. The van der Waals surface area contributed by atoms with Gasteiger partial charge in [0.1, 0.15) is 5.82 Å². The van der Waals surface area contributed by atoms with Gasteiger partial charge in [-0.1, -0.05) is 30.3 Å². The van der Waals surface area contributed by atoms with Crippen LogP contribution in [0.25, 0.3) is 0 Å². The summed E-state index contributed by atoms with van der Waals surface area (Å²) < 4.78 is 0. The molecule has 21 heavy (non-hydrogen) atoms. The molecule has 4 heteroatoms. The number of anilines is 1. The summed E-state index contributed by atoms with van der Waals surface area (Å²) in [4.78, 5) is 12.1. The zero-order chi connectivity index (χ0) is 14.2. The summed E-state index contributed by atoms with van der Waals surface area (Å²) in [5.74, 6) is 2.47. The number of benzene rings is 1. The molecule has 108 valence electrons. The highest BCUT2D eigenvalue weighted by molar-refractivity contribution is 5.90. The van der Waals surface area contributed by atoms with Crippen LogP contribution in [-0.2, 0) is 4.79 Å². The molecule has 0 saturated heterocycles. The number of aromatic nitrogens is 2. The Morgan fingerprint density at radius 2 is 2.10 bits per heavy atom. The fourth-order valence-electron chi connectivity index (χ4n) is 3.01. The zero-order valence-corrected chi connectivity index (χ0v) is 11.9. The van der Waals surface area contributed by atoms with Crippen LogP contribution in [0.3, 0.4) is 0 Å². The number of rotatable bonds is 5. The molecule has 1 heterocycles. The summed E-state index contributed by atoms with van der Waals surface area (Å²) in [7, 11) is 0. The summed E-state index contributed by atoms with van der Waals surface area (Å²) in [5.41, 5.74) is 2.44. The predicted octanol–water partition coefficient (Wildman–Crippen LogP) is 3.42. The van der Waals surface area contributed by atoms with Crippen molar-refractivity contribution in [3.8, 4) is 0 Å². The van der Waals surface area contributed by atoms with Gasteiger partial charge < -0.3 is 5.32 Å². The van der Waals surface area contributed by atoms with E-state index in [0.29, 0.717) is 24.2 Å². The third kappa shape index (κ3) is 2.84. The van der Waals surface area contributed by atoms with E-state index in [1.165, 1.54) is 18.4 Å². The van der Waals surface area contributed by atoms with Crippen molar-refractivity contribution in [2.45, 2.75) is 37.5 Å². The van der Waals surface area contributed by atoms with Crippen molar-refractivity contribution in [2.75, 3.05) is 5.32 Å². The van der Waals surface area contributed by atoms with Crippen LogP contribution >= 0.6 is 0 Å². The third-order valence-electron chi connectivity index (χ3n) is 4.47. The fourth-order valence-corrected chi connectivity index (χ4v) is 3.01. The maximum absolute atomic E-state index is 12.1. The highest BCUT2D eigenvalue weighted by Crippen LogP contribution is 2.49. The molecule has 1 aromatic heterocycles. The molecule has 2 saturated carbocycles. The average Bonchev–Trinajstić information content (AvgIpc) is 3.41. The van der Waals surface area contributed by atoms with Gasteiger partial charge in [-0.15, -0.1) is 0 Å². The number of H-pyrrole nitrogens is 1. The van der Waals surface area contributed by atoms with Gasteiger partial charge in [0.2, 0.25) is 5.91 Å². The number of nitrogens with one attached hydrogen (secondary N) is 2. The van der Waals surface area contributed by atoms with Crippen molar-refractivity contribution in [1.29, 1.82) is 0 Å². The molecule has 2 aliphatic carbocycles. The molecule has 0 aliphatic heterocycles. The molecule has 2 aliphatic rings. The largest absolute Gasteiger partial charge is 0.311 e. The average molecular weight is 281 g/mol. The number of hydrogen-bond donors (Lipinski definition) is 2. The number of carbonyl (C=O) groups is 1. The van der Waals surface area contributed by atoms with E-state index in [2.05, 4.69) is 39.8 Å². The summed E-state index contributed by atoms with van der Waals surface area (Å²) in [6.45, 7) is 0. The first-order valence-corrected chi connectivity index (χ1v) is 7.69. The highest BCUT2D eigenvalue weighted by Gasteiger charge is 2.39. The third-order valence-corrected chi connectivity index (χ3v) is 4.47. The molecular weight excluding hydrogens is 262 g/mol. The number of carbonyl (C=O) groups excluding carboxylic acids is 1. The Balaban J connectivity index is 1.30. The number of hydrogen-bond acceptors (Lipinski definition) is 2. The number of nitrogens with zero attached hydrogens (tertiary/aromatic N) is 1. The van der Waals surface area contributed by atoms with Gasteiger partial charge in [-0.25, -0.2) is 0 Å². The van der Waals surface area contributed by atoms with Crippen LogP contribution in [0.2, 0.25) is 0 Å². The Morgan fingerprint density at radius 1 is 1.29 bits per heavy atom. The lowest BCUT2D eigenvalue weighted by molar-refractivity contribution is -0.116. The first-order valence-electron chi connectivity index (χ1n) is 7.69. The number of amides is 1. The van der Waals surface area contributed by atoms with Crippen molar-refractivity contribution < 1.29 is 4.79 Å². The van der Waals surface area contributed by atoms with E-state index < -0.39 is 0 Å². The molecule has 4 nitrogen and oxygen atoms in total. The van der Waals surface area contributed by atoms with Gasteiger partial charge >= 0.3 is 0 Å². The lowest BCUT2D eigenvalue weighted by Crippen LogP contribution is -2.12. The topological polar surface area (TPSA) is 57.8 Å². The Labute approximate surface area is 124 Å². The van der Waals surface area contributed by atoms with Crippen LogP contribution in [0.5, 0.6) is 0 Å². The van der Waals surface area contributed by atoms with Crippen molar-refractivity contribution in [3.05, 3.63) is 47.7 Å². The molecule has 4 rings (SSSR count). The molecule has 0 radical (unpaired) electrons. The summed E-state index contributed by atoms with van der Waals surface area (Å²) in [5, 5.41) is 10.1. The van der Waals surface area contributed by atoms with Crippen molar-refractivity contribution in [2.24, 2.45) is 5.92 Å². The van der Waals surface area contributed by atoms with Crippen LogP contribution in [0.15, 0.2) is 36.4 Å². The van der Waals surface area contributed by atoms with E-state index in [9.17, 15) is 4.79 Å². The Hall–Kier alpha value is -2.10. The molecular formula is C17H19N3O. The van der Waals surface area contributed by atoms with Gasteiger partial charge in [0, 0.05) is 18.4 Å².